The van der Waals surface area contributed by atoms with E-state index in [1.807, 2.05) is 0 Å². The van der Waals surface area contributed by atoms with E-state index in [9.17, 15) is 18.0 Å². The number of rotatable bonds is 4. The highest BCUT2D eigenvalue weighted by atomic mass is 32.2. The topological polar surface area (TPSA) is 104 Å². The minimum atomic E-state index is -3.76. The predicted octanol–water partition coefficient (Wildman–Crippen LogP) is 0.593. The van der Waals surface area contributed by atoms with E-state index in [1.165, 1.54) is 23.5 Å². The summed E-state index contributed by atoms with van der Waals surface area (Å²) in [6, 6.07) is 2.56. The van der Waals surface area contributed by atoms with Crippen LogP contribution in [0, 0.1) is 5.41 Å². The fourth-order valence-electron chi connectivity index (χ4n) is 2.31. The van der Waals surface area contributed by atoms with E-state index in [0.717, 1.165) is 11.3 Å². The summed E-state index contributed by atoms with van der Waals surface area (Å²) in [7, 11) is -2.24. The minimum absolute atomic E-state index is 0.0129. The Labute approximate surface area is 126 Å². The number of hydrogen-bond acceptors (Lipinski definition) is 5. The molecule has 0 aromatic carbocycles. The molecule has 0 spiro atoms. The predicted molar refractivity (Wildman–Crippen MR) is 76.8 cm³/mol. The van der Waals surface area contributed by atoms with Gasteiger partial charge in [0.05, 0.1) is 5.41 Å². The van der Waals surface area contributed by atoms with Crippen LogP contribution in [0.25, 0.3) is 0 Å². The fourth-order valence-corrected chi connectivity index (χ4v) is 5.18. The molecule has 1 saturated heterocycles. The van der Waals surface area contributed by atoms with Gasteiger partial charge in [-0.2, -0.15) is 4.31 Å². The third-order valence-corrected chi connectivity index (χ3v) is 6.99. The maximum Gasteiger partial charge on any atom is 0.345 e. The van der Waals surface area contributed by atoms with Crippen LogP contribution in [0.5, 0.6) is 0 Å². The first-order valence-corrected chi connectivity index (χ1v) is 8.52. The van der Waals surface area contributed by atoms with Crippen LogP contribution in [0.1, 0.15) is 23.0 Å². The van der Waals surface area contributed by atoms with Crippen molar-refractivity contribution in [2.45, 2.75) is 17.6 Å². The van der Waals surface area contributed by atoms with Crippen molar-refractivity contribution in [1.82, 2.24) is 9.62 Å². The maximum absolute atomic E-state index is 12.5. The van der Waals surface area contributed by atoms with Gasteiger partial charge in [0.15, 0.2) is 0 Å². The second kappa shape index (κ2) is 5.39. The van der Waals surface area contributed by atoms with Crippen LogP contribution in [0.4, 0.5) is 0 Å². The molecular weight excluding hydrogens is 316 g/mol. The van der Waals surface area contributed by atoms with Gasteiger partial charge in [-0.25, -0.2) is 13.2 Å². The zero-order valence-electron chi connectivity index (χ0n) is 11.6. The summed E-state index contributed by atoms with van der Waals surface area (Å²) in [6.07, 6.45) is 0.434. The van der Waals surface area contributed by atoms with Gasteiger partial charge in [0, 0.05) is 20.1 Å². The number of aromatic carboxylic acids is 1. The molecule has 21 heavy (non-hydrogen) atoms. The highest BCUT2D eigenvalue weighted by molar-refractivity contribution is 7.91. The number of nitrogens with zero attached hydrogens (tertiary/aromatic N) is 1. The van der Waals surface area contributed by atoms with Crippen molar-refractivity contribution in [3.05, 3.63) is 17.0 Å². The monoisotopic (exact) mass is 332 g/mol. The number of hydrogen-bond donors (Lipinski definition) is 2. The number of nitrogens with one attached hydrogen (secondary N) is 1. The molecule has 1 atom stereocenters. The van der Waals surface area contributed by atoms with Crippen LogP contribution in [0.3, 0.4) is 0 Å². The first-order chi connectivity index (χ1) is 9.70. The number of amides is 1. The lowest BCUT2D eigenvalue weighted by Crippen LogP contribution is -2.40. The summed E-state index contributed by atoms with van der Waals surface area (Å²) in [6.45, 7) is 2.06. The fraction of sp³-hybridized carbons (Fsp3) is 0.500. The lowest BCUT2D eigenvalue weighted by atomic mass is 9.89. The van der Waals surface area contributed by atoms with E-state index in [2.05, 4.69) is 5.32 Å². The van der Waals surface area contributed by atoms with Crippen molar-refractivity contribution in [3.63, 3.8) is 0 Å². The molecule has 1 amide bonds. The Morgan fingerprint density at radius 2 is 2.10 bits per heavy atom. The molecule has 0 saturated carbocycles. The van der Waals surface area contributed by atoms with Gasteiger partial charge in [0.1, 0.15) is 9.09 Å². The van der Waals surface area contributed by atoms with Crippen molar-refractivity contribution in [3.8, 4) is 0 Å². The average molecular weight is 332 g/mol. The van der Waals surface area contributed by atoms with Gasteiger partial charge in [0.2, 0.25) is 5.91 Å². The van der Waals surface area contributed by atoms with Crippen molar-refractivity contribution < 1.29 is 23.1 Å². The van der Waals surface area contributed by atoms with E-state index in [1.54, 1.807) is 6.92 Å². The molecule has 9 heteroatoms. The molecule has 0 aliphatic carbocycles. The number of thiophene rings is 1. The lowest BCUT2D eigenvalue weighted by Gasteiger charge is -2.22. The Balaban J connectivity index is 2.25. The third kappa shape index (κ3) is 2.81. The molecule has 1 aromatic heterocycles. The van der Waals surface area contributed by atoms with E-state index >= 15 is 0 Å². The first-order valence-electron chi connectivity index (χ1n) is 6.26. The molecule has 1 unspecified atom stereocenters. The number of sulfonamides is 1. The Hall–Kier alpha value is -1.45. The van der Waals surface area contributed by atoms with Crippen LogP contribution in [0.15, 0.2) is 16.3 Å². The smallest absolute Gasteiger partial charge is 0.345 e. The quantitative estimate of drug-likeness (QED) is 0.840. The third-order valence-electron chi connectivity index (χ3n) is 3.60. The average Bonchev–Trinajstić information content (AvgIpc) is 3.05. The maximum atomic E-state index is 12.5. The molecule has 2 rings (SSSR count). The van der Waals surface area contributed by atoms with Gasteiger partial charge in [-0.3, -0.25) is 4.79 Å². The molecule has 0 bridgehead atoms. The number of carbonyl (C=O) groups excluding carboxylic acids is 1. The Morgan fingerprint density at radius 3 is 2.62 bits per heavy atom. The molecular formula is C12H16N2O5S2. The van der Waals surface area contributed by atoms with Crippen molar-refractivity contribution in [1.29, 1.82) is 0 Å². The normalized spacial score (nSPS) is 23.1. The van der Waals surface area contributed by atoms with Crippen molar-refractivity contribution in [2.24, 2.45) is 5.41 Å². The van der Waals surface area contributed by atoms with Crippen LogP contribution >= 0.6 is 11.3 Å². The zero-order chi connectivity index (χ0) is 15.8. The van der Waals surface area contributed by atoms with Gasteiger partial charge in [-0.05, 0) is 25.5 Å². The Bertz CT molecular complexity index is 682. The van der Waals surface area contributed by atoms with E-state index in [4.69, 9.17) is 5.11 Å². The Kier molecular flexibility index (Phi) is 4.09. The number of carbonyl (C=O) groups is 2. The second-order valence-corrected chi connectivity index (χ2v) is 8.40. The van der Waals surface area contributed by atoms with Crippen molar-refractivity contribution in [2.75, 3.05) is 20.1 Å². The van der Waals surface area contributed by atoms with Gasteiger partial charge in [0.25, 0.3) is 10.0 Å². The van der Waals surface area contributed by atoms with Crippen LogP contribution in [0.2, 0.25) is 0 Å². The van der Waals surface area contributed by atoms with Crippen LogP contribution < -0.4 is 5.32 Å². The molecule has 2 heterocycles. The first kappa shape index (κ1) is 15.9. The molecule has 2 N–H and O–H groups in total. The standard InChI is InChI=1S/C12H16N2O5S2/c1-12(11(17)13-2)5-6-14(7-12)21(18,19)9-4-3-8(20-9)10(15)16/h3-4H,5-7H2,1-2H3,(H,13,17)(H,15,16). The number of carboxylic acid groups (broad SMARTS) is 1. The molecule has 0 radical (unpaired) electrons. The van der Waals surface area contributed by atoms with E-state index < -0.39 is 21.4 Å². The summed E-state index contributed by atoms with van der Waals surface area (Å²) in [5, 5.41) is 11.4. The van der Waals surface area contributed by atoms with Crippen LogP contribution in [-0.4, -0.2) is 49.8 Å². The highest BCUT2D eigenvalue weighted by Gasteiger charge is 2.44. The second-order valence-electron chi connectivity index (χ2n) is 5.15. The molecule has 1 fully saturated rings. The molecule has 1 aliphatic heterocycles. The SMILES string of the molecule is CNC(=O)C1(C)CCN(S(=O)(=O)c2ccc(C(=O)O)s2)C1. The molecule has 1 aromatic rings. The molecule has 7 nitrogen and oxygen atoms in total. The van der Waals surface area contributed by atoms with Crippen LogP contribution in [-0.2, 0) is 14.8 Å². The van der Waals surface area contributed by atoms with Gasteiger partial charge in [-0.15, -0.1) is 11.3 Å². The Morgan fingerprint density at radius 1 is 1.43 bits per heavy atom. The van der Waals surface area contributed by atoms with Gasteiger partial charge < -0.3 is 10.4 Å². The lowest BCUT2D eigenvalue weighted by molar-refractivity contribution is -0.128. The zero-order valence-corrected chi connectivity index (χ0v) is 13.3. The summed E-state index contributed by atoms with van der Waals surface area (Å²) in [4.78, 5) is 22.6. The summed E-state index contributed by atoms with van der Waals surface area (Å²) >= 11 is 0.719. The van der Waals surface area contributed by atoms with Gasteiger partial charge in [-0.1, -0.05) is 0 Å². The number of carboxylic acids is 1. The van der Waals surface area contributed by atoms with E-state index in [0.29, 0.717) is 6.42 Å². The van der Waals surface area contributed by atoms with Crippen molar-refractivity contribution >= 4 is 33.2 Å². The largest absolute Gasteiger partial charge is 0.477 e. The summed E-state index contributed by atoms with van der Waals surface area (Å²) in [5.41, 5.74) is -0.755. The molecule has 116 valence electrons. The molecule has 1 aliphatic rings. The minimum Gasteiger partial charge on any atom is -0.477 e. The summed E-state index contributed by atoms with van der Waals surface area (Å²) in [5.74, 6) is -1.35. The highest BCUT2D eigenvalue weighted by Crippen LogP contribution is 2.35. The van der Waals surface area contributed by atoms with E-state index in [-0.39, 0.29) is 28.1 Å². The van der Waals surface area contributed by atoms with Gasteiger partial charge >= 0.3 is 5.97 Å². The summed E-state index contributed by atoms with van der Waals surface area (Å²) < 4.78 is 26.2.